The molecule has 0 heterocycles. The molecule has 0 saturated carbocycles. The van der Waals surface area contributed by atoms with E-state index in [9.17, 15) is 13.2 Å². The number of nitrogens with zero attached hydrogens (tertiary/aromatic N) is 1. The molecule has 0 spiro atoms. The Bertz CT molecular complexity index is 575. The molecule has 1 aromatic carbocycles. The van der Waals surface area contributed by atoms with E-state index in [-0.39, 0.29) is 18.5 Å². The zero-order valence-electron chi connectivity index (χ0n) is 11.8. The Morgan fingerprint density at radius 1 is 1.45 bits per heavy atom. The maximum Gasteiger partial charge on any atom is 0.240 e. The highest BCUT2D eigenvalue weighted by Gasteiger charge is 2.21. The van der Waals surface area contributed by atoms with Crippen LogP contribution in [0.15, 0.2) is 24.3 Å². The number of hydrogen-bond donors (Lipinski definition) is 1. The summed E-state index contributed by atoms with van der Waals surface area (Å²) in [4.78, 5) is 11.9. The first-order valence-corrected chi connectivity index (χ1v) is 8.49. The number of anilines is 1. The van der Waals surface area contributed by atoms with Crippen molar-refractivity contribution in [3.63, 3.8) is 0 Å². The van der Waals surface area contributed by atoms with Gasteiger partial charge in [-0.25, -0.2) is 8.42 Å². The molecule has 5 nitrogen and oxygen atoms in total. The molecule has 112 valence electrons. The smallest absolute Gasteiger partial charge is 0.240 e. The van der Waals surface area contributed by atoms with Crippen LogP contribution in [0.1, 0.15) is 20.3 Å². The Balaban J connectivity index is 2.95. The van der Waals surface area contributed by atoms with Gasteiger partial charge in [-0.3, -0.25) is 9.10 Å². The van der Waals surface area contributed by atoms with Crippen molar-refractivity contribution in [2.75, 3.05) is 17.1 Å². The first-order chi connectivity index (χ1) is 9.24. The minimum Gasteiger partial charge on any atom is -0.352 e. The van der Waals surface area contributed by atoms with Crippen molar-refractivity contribution in [3.05, 3.63) is 29.3 Å². The van der Waals surface area contributed by atoms with E-state index in [1.807, 2.05) is 13.8 Å². The van der Waals surface area contributed by atoms with Gasteiger partial charge in [0, 0.05) is 11.1 Å². The number of sulfonamides is 1. The highest BCUT2D eigenvalue weighted by Crippen LogP contribution is 2.21. The molecule has 0 aliphatic carbocycles. The quantitative estimate of drug-likeness (QED) is 0.872. The molecule has 1 rings (SSSR count). The van der Waals surface area contributed by atoms with Crippen LogP contribution in [0.25, 0.3) is 0 Å². The molecule has 0 aliphatic rings. The van der Waals surface area contributed by atoms with Gasteiger partial charge in [-0.2, -0.15) is 0 Å². The number of amides is 1. The highest BCUT2D eigenvalue weighted by atomic mass is 35.5. The van der Waals surface area contributed by atoms with E-state index in [1.54, 1.807) is 18.2 Å². The Morgan fingerprint density at radius 2 is 2.10 bits per heavy atom. The Kier molecular flexibility index (Phi) is 5.83. The van der Waals surface area contributed by atoms with Crippen molar-refractivity contribution in [2.24, 2.45) is 0 Å². The largest absolute Gasteiger partial charge is 0.352 e. The van der Waals surface area contributed by atoms with E-state index in [2.05, 4.69) is 5.32 Å². The van der Waals surface area contributed by atoms with Crippen molar-refractivity contribution in [3.8, 4) is 0 Å². The fourth-order valence-electron chi connectivity index (χ4n) is 1.58. The molecular formula is C13H19ClN2O3S. The minimum absolute atomic E-state index is 0.00303. The van der Waals surface area contributed by atoms with Gasteiger partial charge >= 0.3 is 0 Å². The molecule has 0 fully saturated rings. The molecule has 0 unspecified atom stereocenters. The molecule has 0 aromatic heterocycles. The van der Waals surface area contributed by atoms with Gasteiger partial charge in [-0.05, 0) is 31.5 Å². The van der Waals surface area contributed by atoms with Crippen LogP contribution in [0.3, 0.4) is 0 Å². The number of carbonyl (C=O) groups is 1. The average Bonchev–Trinajstić information content (AvgIpc) is 2.34. The summed E-state index contributed by atoms with van der Waals surface area (Å²) < 4.78 is 24.7. The number of hydrogen-bond acceptors (Lipinski definition) is 3. The molecule has 1 N–H and O–H groups in total. The summed E-state index contributed by atoms with van der Waals surface area (Å²) in [6.45, 7) is 3.54. The number of carbonyl (C=O) groups excluding carboxylic acids is 1. The second kappa shape index (κ2) is 6.95. The normalized spacial score (nSPS) is 12.8. The van der Waals surface area contributed by atoms with Gasteiger partial charge in [0.15, 0.2) is 0 Å². The van der Waals surface area contributed by atoms with Gasteiger partial charge in [0.2, 0.25) is 15.9 Å². The van der Waals surface area contributed by atoms with E-state index in [0.717, 1.165) is 17.0 Å². The van der Waals surface area contributed by atoms with E-state index < -0.39 is 10.0 Å². The topological polar surface area (TPSA) is 66.5 Å². The number of rotatable bonds is 6. The van der Waals surface area contributed by atoms with Gasteiger partial charge in [0.1, 0.15) is 6.54 Å². The lowest BCUT2D eigenvalue weighted by Crippen LogP contribution is -2.43. The Hall–Kier alpha value is -1.27. The predicted molar refractivity (Wildman–Crippen MR) is 81.5 cm³/mol. The SMILES string of the molecule is CC[C@@H](C)NC(=O)CN(c1cccc(Cl)c1)S(C)(=O)=O. The molecule has 0 saturated heterocycles. The highest BCUT2D eigenvalue weighted by molar-refractivity contribution is 7.92. The van der Waals surface area contributed by atoms with Gasteiger partial charge < -0.3 is 5.32 Å². The first kappa shape index (κ1) is 16.8. The van der Waals surface area contributed by atoms with Crippen molar-refractivity contribution in [1.29, 1.82) is 0 Å². The summed E-state index contributed by atoms with van der Waals surface area (Å²) in [6, 6.07) is 6.40. The van der Waals surface area contributed by atoms with Crippen LogP contribution >= 0.6 is 11.6 Å². The van der Waals surface area contributed by atoms with E-state index in [4.69, 9.17) is 11.6 Å². The zero-order chi connectivity index (χ0) is 15.3. The van der Waals surface area contributed by atoms with Crippen LogP contribution in [0, 0.1) is 0 Å². The van der Waals surface area contributed by atoms with E-state index >= 15 is 0 Å². The standard InChI is InChI=1S/C13H19ClN2O3S/c1-4-10(2)15-13(17)9-16(20(3,18)19)12-7-5-6-11(14)8-12/h5-8,10H,4,9H2,1-3H3,(H,15,17)/t10-/m1/s1. The Labute approximate surface area is 125 Å². The fraction of sp³-hybridized carbons (Fsp3) is 0.462. The summed E-state index contributed by atoms with van der Waals surface area (Å²) in [5.41, 5.74) is 0.374. The van der Waals surface area contributed by atoms with E-state index in [0.29, 0.717) is 10.7 Å². The zero-order valence-corrected chi connectivity index (χ0v) is 13.3. The van der Waals surface area contributed by atoms with Gasteiger partial charge in [0.25, 0.3) is 0 Å². The lowest BCUT2D eigenvalue weighted by Gasteiger charge is -2.23. The van der Waals surface area contributed by atoms with E-state index in [1.165, 1.54) is 6.07 Å². The molecule has 0 aliphatic heterocycles. The summed E-state index contributed by atoms with van der Waals surface area (Å²) >= 11 is 5.86. The molecule has 0 radical (unpaired) electrons. The summed E-state index contributed by atoms with van der Waals surface area (Å²) in [5, 5.41) is 3.15. The summed E-state index contributed by atoms with van der Waals surface area (Å²) in [7, 11) is -3.56. The first-order valence-electron chi connectivity index (χ1n) is 6.26. The lowest BCUT2D eigenvalue weighted by molar-refractivity contribution is -0.120. The number of halogens is 1. The fourth-order valence-corrected chi connectivity index (χ4v) is 2.62. The van der Waals surface area contributed by atoms with Crippen LogP contribution < -0.4 is 9.62 Å². The maximum absolute atomic E-state index is 11.9. The van der Waals surface area contributed by atoms with Crippen molar-refractivity contribution < 1.29 is 13.2 Å². The second-order valence-corrected chi connectivity index (χ2v) is 6.97. The number of nitrogens with one attached hydrogen (secondary N) is 1. The third-order valence-electron chi connectivity index (χ3n) is 2.80. The van der Waals surface area contributed by atoms with Crippen LogP contribution in [0.4, 0.5) is 5.69 Å². The molecule has 1 aromatic rings. The third kappa shape index (κ3) is 5.02. The molecule has 1 atom stereocenters. The summed E-state index contributed by atoms with van der Waals surface area (Å²) in [5.74, 6) is -0.343. The molecule has 0 bridgehead atoms. The maximum atomic E-state index is 11.9. The van der Waals surface area contributed by atoms with Gasteiger partial charge in [0.05, 0.1) is 11.9 Å². The molecule has 20 heavy (non-hydrogen) atoms. The molecular weight excluding hydrogens is 300 g/mol. The monoisotopic (exact) mass is 318 g/mol. The average molecular weight is 319 g/mol. The minimum atomic E-state index is -3.56. The van der Waals surface area contributed by atoms with Crippen molar-refractivity contribution in [1.82, 2.24) is 5.32 Å². The predicted octanol–water partition coefficient (Wildman–Crippen LogP) is 2.02. The van der Waals surface area contributed by atoms with Crippen LogP contribution in [0.2, 0.25) is 5.02 Å². The summed E-state index contributed by atoms with van der Waals surface area (Å²) in [6.07, 6.45) is 1.84. The second-order valence-electron chi connectivity index (χ2n) is 4.63. The molecule has 7 heteroatoms. The van der Waals surface area contributed by atoms with Crippen LogP contribution in [0.5, 0.6) is 0 Å². The molecule has 1 amide bonds. The van der Waals surface area contributed by atoms with Gasteiger partial charge in [-0.1, -0.05) is 24.6 Å². The lowest BCUT2D eigenvalue weighted by atomic mass is 10.2. The number of benzene rings is 1. The third-order valence-corrected chi connectivity index (χ3v) is 4.18. The van der Waals surface area contributed by atoms with Crippen LogP contribution in [-0.2, 0) is 14.8 Å². The Morgan fingerprint density at radius 3 is 2.60 bits per heavy atom. The van der Waals surface area contributed by atoms with Crippen LogP contribution in [-0.4, -0.2) is 33.2 Å². The van der Waals surface area contributed by atoms with Gasteiger partial charge in [-0.15, -0.1) is 0 Å². The van der Waals surface area contributed by atoms with Crippen molar-refractivity contribution >= 4 is 33.2 Å². The van der Waals surface area contributed by atoms with Crippen molar-refractivity contribution in [2.45, 2.75) is 26.3 Å².